The van der Waals surface area contributed by atoms with Crippen LogP contribution >= 0.6 is 0 Å². The Morgan fingerprint density at radius 3 is 2.00 bits per heavy atom. The average Bonchev–Trinajstić information content (AvgIpc) is 2.59. The first-order valence-electron chi connectivity index (χ1n) is 9.70. The average molecular weight is 347 g/mol. The van der Waals surface area contributed by atoms with Gasteiger partial charge in [0.1, 0.15) is 6.10 Å². The third-order valence-electron chi connectivity index (χ3n) is 4.52. The van der Waals surface area contributed by atoms with Gasteiger partial charge in [-0.05, 0) is 19.3 Å². The monoisotopic (exact) mass is 346 g/mol. The Morgan fingerprint density at radius 2 is 1.42 bits per heavy atom. The minimum atomic E-state index is -0.583. The third-order valence-corrected chi connectivity index (χ3v) is 4.52. The molecule has 144 valence electrons. The van der Waals surface area contributed by atoms with Gasteiger partial charge in [-0.25, -0.2) is 4.89 Å². The number of esters is 1. The standard InChI is InChI=1S/C19H38O5/c1-3-4-5-6-8-11-14-17(20)18(24-22)15-12-9-7-10-13-16-19(21)23-2/h17-18,20,22H,3-16H2,1-2H3. The van der Waals surface area contributed by atoms with E-state index in [1.54, 1.807) is 0 Å². The second-order valence-corrected chi connectivity index (χ2v) is 6.65. The van der Waals surface area contributed by atoms with Crippen LogP contribution in [-0.4, -0.2) is 35.7 Å². The lowest BCUT2D eigenvalue weighted by Crippen LogP contribution is -2.28. The Morgan fingerprint density at radius 1 is 0.875 bits per heavy atom. The molecule has 0 saturated heterocycles. The molecule has 2 atom stereocenters. The molecule has 0 spiro atoms. The van der Waals surface area contributed by atoms with Gasteiger partial charge < -0.3 is 9.84 Å². The zero-order valence-corrected chi connectivity index (χ0v) is 15.7. The van der Waals surface area contributed by atoms with Gasteiger partial charge in [0.25, 0.3) is 0 Å². The van der Waals surface area contributed by atoms with E-state index in [1.807, 2.05) is 0 Å². The fourth-order valence-corrected chi connectivity index (χ4v) is 2.88. The Labute approximate surface area is 147 Å². The first-order chi connectivity index (χ1) is 11.7. The van der Waals surface area contributed by atoms with Crippen LogP contribution in [0.1, 0.15) is 96.8 Å². The summed E-state index contributed by atoms with van der Waals surface area (Å²) in [7, 11) is 1.41. The number of unbranched alkanes of at least 4 members (excludes halogenated alkanes) is 9. The number of hydrogen-bond acceptors (Lipinski definition) is 5. The van der Waals surface area contributed by atoms with Gasteiger partial charge in [-0.1, -0.05) is 71.1 Å². The highest BCUT2D eigenvalue weighted by atomic mass is 17.1. The van der Waals surface area contributed by atoms with E-state index < -0.39 is 12.2 Å². The van der Waals surface area contributed by atoms with Crippen LogP contribution < -0.4 is 0 Å². The van der Waals surface area contributed by atoms with Crippen LogP contribution in [0.2, 0.25) is 0 Å². The van der Waals surface area contributed by atoms with Crippen molar-refractivity contribution in [2.45, 2.75) is 109 Å². The summed E-state index contributed by atoms with van der Waals surface area (Å²) in [4.78, 5) is 15.4. The summed E-state index contributed by atoms with van der Waals surface area (Å²) in [6.07, 6.45) is 12.7. The first kappa shape index (κ1) is 23.4. The molecule has 0 heterocycles. The van der Waals surface area contributed by atoms with E-state index in [4.69, 9.17) is 5.26 Å². The molecule has 0 aliphatic carbocycles. The number of rotatable bonds is 17. The van der Waals surface area contributed by atoms with Gasteiger partial charge in [0.15, 0.2) is 0 Å². The zero-order chi connectivity index (χ0) is 18.0. The molecule has 0 aliphatic rings. The van der Waals surface area contributed by atoms with E-state index in [0.29, 0.717) is 19.3 Å². The van der Waals surface area contributed by atoms with Gasteiger partial charge in [-0.3, -0.25) is 10.1 Å². The van der Waals surface area contributed by atoms with Crippen LogP contribution in [0.3, 0.4) is 0 Å². The molecule has 0 aliphatic heterocycles. The van der Waals surface area contributed by atoms with Gasteiger partial charge in [-0.15, -0.1) is 0 Å². The van der Waals surface area contributed by atoms with Crippen molar-refractivity contribution in [2.75, 3.05) is 7.11 Å². The predicted octanol–water partition coefficient (Wildman–Crippen LogP) is 4.86. The number of aliphatic hydroxyl groups excluding tert-OH is 1. The molecule has 0 fully saturated rings. The predicted molar refractivity (Wildman–Crippen MR) is 95.8 cm³/mol. The maximum atomic E-state index is 11.0. The highest BCUT2D eigenvalue weighted by Gasteiger charge is 2.19. The molecule has 0 aromatic rings. The first-order valence-corrected chi connectivity index (χ1v) is 9.70. The number of hydrogen-bond donors (Lipinski definition) is 2. The molecule has 0 saturated carbocycles. The molecule has 5 nitrogen and oxygen atoms in total. The maximum absolute atomic E-state index is 11.0. The molecule has 24 heavy (non-hydrogen) atoms. The van der Waals surface area contributed by atoms with Crippen molar-refractivity contribution in [1.82, 2.24) is 0 Å². The van der Waals surface area contributed by atoms with Crippen LogP contribution in [0, 0.1) is 0 Å². The van der Waals surface area contributed by atoms with Crippen molar-refractivity contribution in [2.24, 2.45) is 0 Å². The van der Waals surface area contributed by atoms with Crippen molar-refractivity contribution < 1.29 is 24.8 Å². The third kappa shape index (κ3) is 13.8. The highest BCUT2D eigenvalue weighted by Crippen LogP contribution is 2.17. The summed E-state index contributed by atoms with van der Waals surface area (Å²) in [6, 6.07) is 0. The van der Waals surface area contributed by atoms with E-state index in [1.165, 1.54) is 32.8 Å². The largest absolute Gasteiger partial charge is 0.469 e. The lowest BCUT2D eigenvalue weighted by atomic mass is 9.99. The van der Waals surface area contributed by atoms with E-state index in [9.17, 15) is 9.90 Å². The maximum Gasteiger partial charge on any atom is 0.305 e. The number of ether oxygens (including phenoxy) is 1. The van der Waals surface area contributed by atoms with Crippen LogP contribution in [-0.2, 0) is 14.4 Å². The summed E-state index contributed by atoms with van der Waals surface area (Å²) < 4.78 is 4.60. The minimum absolute atomic E-state index is 0.151. The Bertz CT molecular complexity index is 283. The smallest absolute Gasteiger partial charge is 0.305 e. The molecule has 0 aromatic carbocycles. The molecule has 5 heteroatoms. The van der Waals surface area contributed by atoms with E-state index in [-0.39, 0.29) is 5.97 Å². The summed E-state index contributed by atoms with van der Waals surface area (Å²) in [5.41, 5.74) is 0. The molecule has 0 rings (SSSR count). The number of aliphatic hydroxyl groups is 1. The Kier molecular flexibility index (Phi) is 16.7. The molecule has 0 amide bonds. The SMILES string of the molecule is CCCCCCCCC(O)C(CCCCCCCC(=O)OC)OO. The van der Waals surface area contributed by atoms with Crippen molar-refractivity contribution in [3.63, 3.8) is 0 Å². The van der Waals surface area contributed by atoms with Crippen LogP contribution in [0.5, 0.6) is 0 Å². The van der Waals surface area contributed by atoms with Crippen molar-refractivity contribution in [3.05, 3.63) is 0 Å². The molecular formula is C19H38O5. The lowest BCUT2D eigenvalue weighted by molar-refractivity contribution is -0.298. The molecule has 2 N–H and O–H groups in total. The van der Waals surface area contributed by atoms with Crippen LogP contribution in [0.15, 0.2) is 0 Å². The minimum Gasteiger partial charge on any atom is -0.469 e. The fraction of sp³-hybridized carbons (Fsp3) is 0.947. The Balaban J connectivity index is 3.57. The van der Waals surface area contributed by atoms with Gasteiger partial charge in [0.05, 0.1) is 13.2 Å². The van der Waals surface area contributed by atoms with E-state index in [2.05, 4.69) is 16.5 Å². The zero-order valence-electron chi connectivity index (χ0n) is 15.7. The topological polar surface area (TPSA) is 76.0 Å². The lowest BCUT2D eigenvalue weighted by Gasteiger charge is -2.19. The fourth-order valence-electron chi connectivity index (χ4n) is 2.88. The quantitative estimate of drug-likeness (QED) is 0.170. The molecule has 0 aromatic heterocycles. The second-order valence-electron chi connectivity index (χ2n) is 6.65. The van der Waals surface area contributed by atoms with Crippen LogP contribution in [0.25, 0.3) is 0 Å². The number of carbonyl (C=O) groups excluding carboxylic acids is 1. The Hall–Kier alpha value is -0.650. The summed E-state index contributed by atoms with van der Waals surface area (Å²) in [6.45, 7) is 2.20. The molecule has 0 bridgehead atoms. The highest BCUT2D eigenvalue weighted by molar-refractivity contribution is 5.68. The van der Waals surface area contributed by atoms with Gasteiger partial charge in [0.2, 0.25) is 0 Å². The summed E-state index contributed by atoms with van der Waals surface area (Å²) >= 11 is 0. The summed E-state index contributed by atoms with van der Waals surface area (Å²) in [5, 5.41) is 19.1. The van der Waals surface area contributed by atoms with Gasteiger partial charge >= 0.3 is 5.97 Å². The molecule has 2 unspecified atom stereocenters. The normalized spacial score (nSPS) is 13.7. The van der Waals surface area contributed by atoms with Gasteiger partial charge in [0, 0.05) is 6.42 Å². The van der Waals surface area contributed by atoms with Gasteiger partial charge in [-0.2, -0.15) is 0 Å². The number of methoxy groups -OCH3 is 1. The van der Waals surface area contributed by atoms with Crippen LogP contribution in [0.4, 0.5) is 0 Å². The summed E-state index contributed by atoms with van der Waals surface area (Å²) in [5.74, 6) is -0.151. The van der Waals surface area contributed by atoms with E-state index >= 15 is 0 Å². The second kappa shape index (κ2) is 17.2. The number of carbonyl (C=O) groups is 1. The van der Waals surface area contributed by atoms with Crippen molar-refractivity contribution >= 4 is 5.97 Å². The van der Waals surface area contributed by atoms with Crippen molar-refractivity contribution in [1.29, 1.82) is 0 Å². The molecule has 0 radical (unpaired) electrons. The van der Waals surface area contributed by atoms with E-state index in [0.717, 1.165) is 44.9 Å². The molecular weight excluding hydrogens is 308 g/mol. The van der Waals surface area contributed by atoms with Crippen molar-refractivity contribution in [3.8, 4) is 0 Å².